The van der Waals surface area contributed by atoms with Crippen molar-refractivity contribution in [2.45, 2.75) is 19.4 Å². The molecule has 0 fully saturated rings. The number of rotatable bonds is 3. The minimum Gasteiger partial charge on any atom is -0.423 e. The van der Waals surface area contributed by atoms with Gasteiger partial charge in [-0.1, -0.05) is 0 Å². The van der Waals surface area contributed by atoms with Crippen molar-refractivity contribution in [2.24, 2.45) is 5.73 Å². The van der Waals surface area contributed by atoms with E-state index in [9.17, 15) is 13.2 Å². The van der Waals surface area contributed by atoms with Gasteiger partial charge in [0, 0.05) is 17.7 Å². The molecule has 0 aliphatic carbocycles. The van der Waals surface area contributed by atoms with E-state index in [2.05, 4.69) is 10.2 Å². The Kier molecular flexibility index (Phi) is 3.33. The Morgan fingerprint density at radius 2 is 1.83 bits per heavy atom. The molecule has 2 N–H and O–H groups in total. The standard InChI is InChI=1S/C11H10F3N3O/c1-5(15)11-17-16-10(18-11)4-7-8(13)2-6(12)3-9(7)14/h2-3,5H,4,15H2,1H3. The van der Waals surface area contributed by atoms with Crippen LogP contribution in [0.15, 0.2) is 16.5 Å². The Morgan fingerprint density at radius 3 is 2.33 bits per heavy atom. The third-order valence-electron chi connectivity index (χ3n) is 2.31. The smallest absolute Gasteiger partial charge is 0.232 e. The number of aromatic nitrogens is 2. The van der Waals surface area contributed by atoms with Gasteiger partial charge in [-0.3, -0.25) is 0 Å². The summed E-state index contributed by atoms with van der Waals surface area (Å²) in [7, 11) is 0. The Bertz CT molecular complexity index is 545. The van der Waals surface area contributed by atoms with E-state index in [4.69, 9.17) is 10.2 Å². The van der Waals surface area contributed by atoms with Crippen molar-refractivity contribution < 1.29 is 17.6 Å². The molecule has 0 spiro atoms. The molecule has 0 saturated carbocycles. The van der Waals surface area contributed by atoms with Crippen molar-refractivity contribution >= 4 is 0 Å². The third-order valence-corrected chi connectivity index (χ3v) is 2.31. The summed E-state index contributed by atoms with van der Waals surface area (Å²) >= 11 is 0. The van der Waals surface area contributed by atoms with E-state index in [1.807, 2.05) is 0 Å². The van der Waals surface area contributed by atoms with Crippen LogP contribution in [0.1, 0.15) is 30.3 Å². The first-order valence-corrected chi connectivity index (χ1v) is 5.18. The van der Waals surface area contributed by atoms with Crippen LogP contribution >= 0.6 is 0 Å². The van der Waals surface area contributed by atoms with E-state index in [1.165, 1.54) is 0 Å². The number of benzene rings is 1. The second-order valence-electron chi connectivity index (χ2n) is 3.85. The second-order valence-corrected chi connectivity index (χ2v) is 3.85. The van der Waals surface area contributed by atoms with Gasteiger partial charge in [0.15, 0.2) is 0 Å². The van der Waals surface area contributed by atoms with Gasteiger partial charge in [0.25, 0.3) is 0 Å². The Hall–Kier alpha value is -1.89. The van der Waals surface area contributed by atoms with Crippen molar-refractivity contribution in [3.63, 3.8) is 0 Å². The number of hydrogen-bond acceptors (Lipinski definition) is 4. The normalized spacial score (nSPS) is 12.7. The first-order chi connectivity index (χ1) is 8.47. The summed E-state index contributed by atoms with van der Waals surface area (Å²) in [6.45, 7) is 1.64. The summed E-state index contributed by atoms with van der Waals surface area (Å²) in [4.78, 5) is 0. The molecule has 1 unspecified atom stereocenters. The average Bonchev–Trinajstić information content (AvgIpc) is 2.71. The van der Waals surface area contributed by atoms with E-state index in [0.717, 1.165) is 0 Å². The third kappa shape index (κ3) is 2.51. The molecule has 96 valence electrons. The van der Waals surface area contributed by atoms with E-state index < -0.39 is 23.5 Å². The predicted molar refractivity (Wildman–Crippen MR) is 56.0 cm³/mol. The fourth-order valence-electron chi connectivity index (χ4n) is 1.41. The second kappa shape index (κ2) is 4.77. The van der Waals surface area contributed by atoms with Crippen LogP contribution in [0.5, 0.6) is 0 Å². The molecule has 7 heteroatoms. The summed E-state index contributed by atoms with van der Waals surface area (Å²) in [5, 5.41) is 7.24. The number of halogens is 3. The van der Waals surface area contributed by atoms with Crippen LogP contribution in [0, 0.1) is 17.5 Å². The van der Waals surface area contributed by atoms with Crippen LogP contribution < -0.4 is 5.73 Å². The molecule has 1 aromatic carbocycles. The number of nitrogens with two attached hydrogens (primary N) is 1. The maximum absolute atomic E-state index is 13.4. The maximum atomic E-state index is 13.4. The van der Waals surface area contributed by atoms with Gasteiger partial charge in [-0.15, -0.1) is 10.2 Å². The summed E-state index contributed by atoms with van der Waals surface area (Å²) in [5.74, 6) is -2.77. The lowest BCUT2D eigenvalue weighted by atomic mass is 10.1. The van der Waals surface area contributed by atoms with Crippen LogP contribution in [0.3, 0.4) is 0 Å². The highest BCUT2D eigenvalue weighted by Crippen LogP contribution is 2.19. The van der Waals surface area contributed by atoms with Gasteiger partial charge in [0.05, 0.1) is 12.5 Å². The number of nitrogens with zero attached hydrogens (tertiary/aromatic N) is 2. The molecule has 0 radical (unpaired) electrons. The summed E-state index contributed by atoms with van der Waals surface area (Å²) in [6, 6.07) is 0.733. The molecular weight excluding hydrogens is 247 g/mol. The highest BCUT2D eigenvalue weighted by molar-refractivity contribution is 5.23. The molecule has 2 aromatic rings. The Balaban J connectivity index is 2.28. The fourth-order valence-corrected chi connectivity index (χ4v) is 1.41. The molecule has 1 aromatic heterocycles. The van der Waals surface area contributed by atoms with Crippen LogP contribution in [0.2, 0.25) is 0 Å². The van der Waals surface area contributed by atoms with Crippen molar-refractivity contribution in [2.75, 3.05) is 0 Å². The maximum Gasteiger partial charge on any atom is 0.232 e. The first-order valence-electron chi connectivity index (χ1n) is 5.18. The molecular formula is C11H10F3N3O. The van der Waals surface area contributed by atoms with Gasteiger partial charge in [-0.2, -0.15) is 0 Å². The molecule has 1 atom stereocenters. The minimum absolute atomic E-state index is 0.0201. The van der Waals surface area contributed by atoms with E-state index in [0.29, 0.717) is 12.1 Å². The van der Waals surface area contributed by atoms with Gasteiger partial charge in [0.1, 0.15) is 17.5 Å². The van der Waals surface area contributed by atoms with Gasteiger partial charge >= 0.3 is 0 Å². The highest BCUT2D eigenvalue weighted by atomic mass is 19.1. The summed E-state index contributed by atoms with van der Waals surface area (Å²) in [5.41, 5.74) is 5.18. The van der Waals surface area contributed by atoms with E-state index in [1.54, 1.807) is 6.92 Å². The molecule has 0 bridgehead atoms. The molecule has 0 aliphatic rings. The fraction of sp³-hybridized carbons (Fsp3) is 0.273. The molecule has 2 rings (SSSR count). The van der Waals surface area contributed by atoms with Crippen molar-refractivity contribution in [1.29, 1.82) is 0 Å². The van der Waals surface area contributed by atoms with Crippen molar-refractivity contribution in [3.8, 4) is 0 Å². The van der Waals surface area contributed by atoms with Gasteiger partial charge in [-0.25, -0.2) is 13.2 Å². The van der Waals surface area contributed by atoms with Crippen LogP contribution in [0.4, 0.5) is 13.2 Å². The zero-order chi connectivity index (χ0) is 13.3. The summed E-state index contributed by atoms with van der Waals surface area (Å²) < 4.78 is 44.6. The first kappa shape index (κ1) is 12.6. The number of hydrogen-bond donors (Lipinski definition) is 1. The van der Waals surface area contributed by atoms with Gasteiger partial charge < -0.3 is 10.2 Å². The largest absolute Gasteiger partial charge is 0.423 e. The lowest BCUT2D eigenvalue weighted by molar-refractivity contribution is 0.427. The topological polar surface area (TPSA) is 64.9 Å². The molecule has 0 amide bonds. The van der Waals surface area contributed by atoms with E-state index >= 15 is 0 Å². The van der Waals surface area contributed by atoms with Crippen LogP contribution in [0.25, 0.3) is 0 Å². The van der Waals surface area contributed by atoms with Crippen molar-refractivity contribution in [1.82, 2.24) is 10.2 Å². The Labute approximate surface area is 101 Å². The van der Waals surface area contributed by atoms with Crippen LogP contribution in [-0.2, 0) is 6.42 Å². The molecule has 18 heavy (non-hydrogen) atoms. The molecule has 0 aliphatic heterocycles. The minimum atomic E-state index is -0.993. The van der Waals surface area contributed by atoms with Gasteiger partial charge in [-0.05, 0) is 6.92 Å². The van der Waals surface area contributed by atoms with Gasteiger partial charge in [0.2, 0.25) is 11.8 Å². The average molecular weight is 257 g/mol. The zero-order valence-electron chi connectivity index (χ0n) is 9.45. The molecule has 0 saturated heterocycles. The predicted octanol–water partition coefficient (Wildman–Crippen LogP) is 2.10. The zero-order valence-corrected chi connectivity index (χ0v) is 9.45. The summed E-state index contributed by atoms with van der Waals surface area (Å²) in [6.07, 6.45) is -0.252. The SMILES string of the molecule is CC(N)c1nnc(Cc2c(F)cc(F)cc2F)o1. The van der Waals surface area contributed by atoms with Crippen LogP contribution in [-0.4, -0.2) is 10.2 Å². The highest BCUT2D eigenvalue weighted by Gasteiger charge is 2.16. The molecule has 1 heterocycles. The van der Waals surface area contributed by atoms with Crippen molar-refractivity contribution in [3.05, 3.63) is 46.9 Å². The van der Waals surface area contributed by atoms with E-state index in [-0.39, 0.29) is 23.8 Å². The lowest BCUT2D eigenvalue weighted by Gasteiger charge is -2.02. The lowest BCUT2D eigenvalue weighted by Crippen LogP contribution is -2.04. The quantitative estimate of drug-likeness (QED) is 0.914. The Morgan fingerprint density at radius 1 is 1.22 bits per heavy atom. The molecule has 4 nitrogen and oxygen atoms in total. The monoisotopic (exact) mass is 257 g/mol.